The summed E-state index contributed by atoms with van der Waals surface area (Å²) in [6.07, 6.45) is -9.91. The van der Waals surface area contributed by atoms with Crippen LogP contribution in [0.2, 0.25) is 0 Å². The van der Waals surface area contributed by atoms with Crippen LogP contribution in [0.1, 0.15) is 70.3 Å². The number of carbonyl (C=O) groups excluding carboxylic acids is 2. The van der Waals surface area contributed by atoms with E-state index in [-0.39, 0.29) is 23.7 Å². The molecule has 3 aromatic rings. The number of ether oxygens (including phenoxy) is 1. The van der Waals surface area contributed by atoms with Crippen LogP contribution < -0.4 is 5.32 Å². The Balaban J connectivity index is 2.09. The first-order valence-electron chi connectivity index (χ1n) is 11.0. The number of hydrogen-bond acceptors (Lipinski definition) is 3. The van der Waals surface area contributed by atoms with Crippen molar-refractivity contribution >= 4 is 22.8 Å². The zero-order valence-corrected chi connectivity index (χ0v) is 19.8. The Hall–Kier alpha value is -3.50. The fourth-order valence-corrected chi connectivity index (χ4v) is 4.07. The summed E-state index contributed by atoms with van der Waals surface area (Å²) in [5.74, 6) is -1.83. The van der Waals surface area contributed by atoms with Crippen molar-refractivity contribution in [2.45, 2.75) is 51.6 Å². The molecule has 1 N–H and O–H groups in total. The molecule has 3 rings (SSSR count). The van der Waals surface area contributed by atoms with Gasteiger partial charge in [0.05, 0.1) is 18.2 Å². The average Bonchev–Trinajstić information content (AvgIpc) is 3.17. The number of carbonyl (C=O) groups is 2. The van der Waals surface area contributed by atoms with Gasteiger partial charge >= 0.3 is 18.3 Å². The molecule has 1 heterocycles. The van der Waals surface area contributed by atoms with Crippen LogP contribution in [-0.2, 0) is 17.5 Å². The molecule has 1 aromatic heterocycles. The summed E-state index contributed by atoms with van der Waals surface area (Å²) in [5, 5.41) is 2.27. The van der Waals surface area contributed by atoms with Gasteiger partial charge in [-0.2, -0.15) is 26.3 Å². The molecule has 0 fully saturated rings. The number of amides is 1. The van der Waals surface area contributed by atoms with Gasteiger partial charge in [0.2, 0.25) is 0 Å². The summed E-state index contributed by atoms with van der Waals surface area (Å²) in [6.45, 7) is 5.60. The molecule has 1 unspecified atom stereocenters. The maximum Gasteiger partial charge on any atom is 0.416 e. The molecule has 1 atom stereocenters. The maximum absolute atomic E-state index is 13.9. The maximum atomic E-state index is 13.9. The number of benzene rings is 2. The van der Waals surface area contributed by atoms with Crippen molar-refractivity contribution in [2.24, 2.45) is 0 Å². The Kier molecular flexibility index (Phi) is 7.42. The number of aromatic nitrogens is 1. The highest BCUT2D eigenvalue weighted by molar-refractivity contribution is 6.02. The molecule has 0 spiro atoms. The summed E-state index contributed by atoms with van der Waals surface area (Å²) in [4.78, 5) is 25.3. The first kappa shape index (κ1) is 27.1. The molecule has 11 heteroatoms. The van der Waals surface area contributed by atoms with Gasteiger partial charge < -0.3 is 14.6 Å². The van der Waals surface area contributed by atoms with E-state index in [1.54, 1.807) is 13.0 Å². The van der Waals surface area contributed by atoms with E-state index in [0.717, 1.165) is 12.1 Å². The van der Waals surface area contributed by atoms with Crippen molar-refractivity contribution in [2.75, 3.05) is 7.11 Å². The van der Waals surface area contributed by atoms with E-state index in [1.807, 2.05) is 19.2 Å². The Morgan fingerprint density at radius 1 is 1.03 bits per heavy atom. The lowest BCUT2D eigenvalue weighted by Gasteiger charge is -2.23. The van der Waals surface area contributed by atoms with E-state index in [9.17, 15) is 35.9 Å². The minimum Gasteiger partial charge on any atom is -0.465 e. The molecule has 0 radical (unpaired) electrons. The molecule has 5 nitrogen and oxygen atoms in total. The predicted molar refractivity (Wildman–Crippen MR) is 121 cm³/mol. The second-order valence-corrected chi connectivity index (χ2v) is 8.49. The van der Waals surface area contributed by atoms with Crippen molar-refractivity contribution in [3.8, 4) is 0 Å². The van der Waals surface area contributed by atoms with Crippen LogP contribution in [0, 0.1) is 0 Å². The summed E-state index contributed by atoms with van der Waals surface area (Å²) in [6, 6.07) is 4.60. The number of rotatable bonds is 6. The molecule has 36 heavy (non-hydrogen) atoms. The first-order valence-corrected chi connectivity index (χ1v) is 11.0. The molecular formula is C25H24F6N2O3. The molecule has 194 valence electrons. The summed E-state index contributed by atoms with van der Waals surface area (Å²) < 4.78 is 87.1. The second kappa shape index (κ2) is 9.87. The van der Waals surface area contributed by atoms with E-state index in [0.29, 0.717) is 28.6 Å². The van der Waals surface area contributed by atoms with Crippen molar-refractivity contribution in [1.29, 1.82) is 0 Å². The molecule has 0 bridgehead atoms. The van der Waals surface area contributed by atoms with Gasteiger partial charge in [-0.25, -0.2) is 4.79 Å². The van der Waals surface area contributed by atoms with Crippen LogP contribution in [-0.4, -0.2) is 29.7 Å². The quantitative estimate of drug-likeness (QED) is 0.297. The van der Waals surface area contributed by atoms with Gasteiger partial charge in [0, 0.05) is 17.4 Å². The van der Waals surface area contributed by atoms with Crippen molar-refractivity contribution in [3.05, 3.63) is 70.4 Å². The highest BCUT2D eigenvalue weighted by Gasteiger charge is 2.43. The number of methoxy groups -OCH3 is 1. The van der Waals surface area contributed by atoms with Crippen molar-refractivity contribution in [1.82, 2.24) is 9.88 Å². The SMILES string of the molecule is CCn1c(C(=O)NC(c2cccc(C(F)(F)F)c2)C(F)(F)F)cc2cc(C(=O)OC)c(C(C)C)cc21. The molecule has 0 aliphatic heterocycles. The number of nitrogens with zero attached hydrogens (tertiary/aromatic N) is 1. The van der Waals surface area contributed by atoms with E-state index < -0.39 is 41.4 Å². The number of hydrogen-bond donors (Lipinski definition) is 1. The number of halogens is 6. The van der Waals surface area contributed by atoms with Crippen molar-refractivity contribution < 1.29 is 40.7 Å². The molecule has 0 aliphatic rings. The summed E-state index contributed by atoms with van der Waals surface area (Å²) in [5.41, 5.74) is -0.738. The van der Waals surface area contributed by atoms with Gasteiger partial charge in [-0.15, -0.1) is 0 Å². The van der Waals surface area contributed by atoms with Gasteiger partial charge in [-0.05, 0) is 54.3 Å². The minimum atomic E-state index is -5.06. The third kappa shape index (κ3) is 5.34. The third-order valence-electron chi connectivity index (χ3n) is 5.80. The molecule has 2 aromatic carbocycles. The molecule has 0 saturated carbocycles. The lowest BCUT2D eigenvalue weighted by Crippen LogP contribution is -2.39. The Morgan fingerprint density at radius 2 is 1.69 bits per heavy atom. The van der Waals surface area contributed by atoms with E-state index in [2.05, 4.69) is 0 Å². The monoisotopic (exact) mass is 514 g/mol. The van der Waals surface area contributed by atoms with Gasteiger partial charge in [0.1, 0.15) is 5.69 Å². The number of esters is 1. The Bertz CT molecular complexity index is 1290. The molecule has 1 amide bonds. The zero-order chi connectivity index (χ0) is 27.0. The van der Waals surface area contributed by atoms with E-state index in [1.165, 1.54) is 23.8 Å². The van der Waals surface area contributed by atoms with Gasteiger partial charge in [-0.1, -0.05) is 26.0 Å². The van der Waals surface area contributed by atoms with Crippen LogP contribution in [0.3, 0.4) is 0 Å². The predicted octanol–water partition coefficient (Wildman–Crippen LogP) is 6.62. The topological polar surface area (TPSA) is 60.3 Å². The number of alkyl halides is 6. The Labute approximate surface area is 203 Å². The molecule has 0 saturated heterocycles. The standard InChI is InChI=1S/C25H24F6N2O3/c1-5-33-19-12-17(13(2)3)18(23(35)36-4)10-15(19)11-20(33)22(34)32-21(25(29,30)31)14-7-6-8-16(9-14)24(26,27)28/h6-13,21H,5H2,1-4H3,(H,32,34). The number of nitrogens with one attached hydrogen (secondary N) is 1. The summed E-state index contributed by atoms with van der Waals surface area (Å²) in [7, 11) is 1.22. The van der Waals surface area contributed by atoms with E-state index in [4.69, 9.17) is 4.74 Å². The average molecular weight is 514 g/mol. The van der Waals surface area contributed by atoms with Gasteiger partial charge in [0.15, 0.2) is 6.04 Å². The van der Waals surface area contributed by atoms with Crippen LogP contribution in [0.25, 0.3) is 10.9 Å². The van der Waals surface area contributed by atoms with Crippen LogP contribution in [0.4, 0.5) is 26.3 Å². The minimum absolute atomic E-state index is 0.100. The number of aryl methyl sites for hydroxylation is 1. The van der Waals surface area contributed by atoms with E-state index >= 15 is 0 Å². The number of fused-ring (bicyclic) bond motifs is 1. The van der Waals surface area contributed by atoms with Crippen molar-refractivity contribution in [3.63, 3.8) is 0 Å². The lowest BCUT2D eigenvalue weighted by atomic mass is 9.95. The molecular weight excluding hydrogens is 490 g/mol. The fraction of sp³-hybridized carbons (Fsp3) is 0.360. The van der Waals surface area contributed by atoms with Crippen LogP contribution in [0.15, 0.2) is 42.5 Å². The molecule has 0 aliphatic carbocycles. The van der Waals surface area contributed by atoms with Gasteiger partial charge in [-0.3, -0.25) is 4.79 Å². The van der Waals surface area contributed by atoms with Gasteiger partial charge in [0.25, 0.3) is 5.91 Å². The smallest absolute Gasteiger partial charge is 0.416 e. The highest BCUT2D eigenvalue weighted by atomic mass is 19.4. The second-order valence-electron chi connectivity index (χ2n) is 8.49. The fourth-order valence-electron chi connectivity index (χ4n) is 4.07. The Morgan fingerprint density at radius 3 is 2.22 bits per heavy atom. The third-order valence-corrected chi connectivity index (χ3v) is 5.80. The largest absolute Gasteiger partial charge is 0.465 e. The van der Waals surface area contributed by atoms with Crippen LogP contribution in [0.5, 0.6) is 0 Å². The lowest BCUT2D eigenvalue weighted by molar-refractivity contribution is -0.156. The first-order chi connectivity index (χ1) is 16.7. The van der Waals surface area contributed by atoms with Crippen LogP contribution >= 0.6 is 0 Å². The highest BCUT2D eigenvalue weighted by Crippen LogP contribution is 2.37. The normalized spacial score (nSPS) is 13.2. The summed E-state index contributed by atoms with van der Waals surface area (Å²) >= 11 is 0. The zero-order valence-electron chi connectivity index (χ0n) is 19.8.